The normalized spacial score (nSPS) is 11.0. The number of nitrogens with one attached hydrogen (secondary N) is 1. The number of rotatable bonds is 4. The van der Waals surface area contributed by atoms with Gasteiger partial charge >= 0.3 is 0 Å². The number of aromatic nitrogens is 2. The summed E-state index contributed by atoms with van der Waals surface area (Å²) in [6, 6.07) is 15.2. The Hall–Kier alpha value is -2.99. The molecule has 0 spiro atoms. The van der Waals surface area contributed by atoms with Gasteiger partial charge in [-0.2, -0.15) is 0 Å². The zero-order valence-corrected chi connectivity index (χ0v) is 14.1. The highest BCUT2D eigenvalue weighted by Crippen LogP contribution is 2.25. The van der Waals surface area contributed by atoms with Crippen LogP contribution in [0.3, 0.4) is 0 Å². The average molecular weight is 349 g/mol. The fraction of sp³-hybridized carbons (Fsp3) is 0.105. The molecule has 4 aromatic rings. The molecule has 2 aromatic heterocycles. The van der Waals surface area contributed by atoms with Gasteiger partial charge in [-0.15, -0.1) is 11.3 Å². The molecule has 2 heterocycles. The standard InChI is InChI=1S/C19H15N3O2S/c23-18(20-9-13-11-25-17-8-4-2-5-14(13)17)10-22-12-21-16-7-3-1-6-15(16)19(22)24/h1-8,11-12H,9-10H2,(H,20,23). The van der Waals surface area contributed by atoms with E-state index in [-0.39, 0.29) is 18.0 Å². The highest BCUT2D eigenvalue weighted by Gasteiger charge is 2.09. The fourth-order valence-electron chi connectivity index (χ4n) is 2.79. The fourth-order valence-corrected chi connectivity index (χ4v) is 3.76. The van der Waals surface area contributed by atoms with E-state index in [1.165, 1.54) is 15.6 Å². The first-order valence-electron chi connectivity index (χ1n) is 7.88. The Kier molecular flexibility index (Phi) is 4.03. The minimum atomic E-state index is -0.213. The van der Waals surface area contributed by atoms with Gasteiger partial charge in [0.25, 0.3) is 5.56 Å². The zero-order chi connectivity index (χ0) is 17.2. The van der Waals surface area contributed by atoms with Crippen molar-refractivity contribution in [1.29, 1.82) is 0 Å². The first-order valence-corrected chi connectivity index (χ1v) is 8.76. The molecule has 1 amide bonds. The van der Waals surface area contributed by atoms with Crippen molar-refractivity contribution in [1.82, 2.24) is 14.9 Å². The third-order valence-electron chi connectivity index (χ3n) is 4.08. The first-order chi connectivity index (χ1) is 12.2. The molecule has 0 unspecified atom stereocenters. The Labute approximate surface area is 147 Å². The highest BCUT2D eigenvalue weighted by atomic mass is 32.1. The predicted octanol–water partition coefficient (Wildman–Crippen LogP) is 2.93. The van der Waals surface area contributed by atoms with E-state index in [1.54, 1.807) is 29.5 Å². The number of hydrogen-bond acceptors (Lipinski definition) is 4. The second kappa shape index (κ2) is 6.49. The molecule has 2 aromatic carbocycles. The van der Waals surface area contributed by atoms with Gasteiger partial charge in [-0.1, -0.05) is 30.3 Å². The van der Waals surface area contributed by atoms with Crippen molar-refractivity contribution in [2.24, 2.45) is 0 Å². The van der Waals surface area contributed by atoms with Crippen molar-refractivity contribution < 1.29 is 4.79 Å². The number of fused-ring (bicyclic) bond motifs is 2. The Bertz CT molecular complexity index is 1130. The Morgan fingerprint density at radius 1 is 1.08 bits per heavy atom. The molecule has 0 aliphatic carbocycles. The van der Waals surface area contributed by atoms with Gasteiger partial charge in [-0.05, 0) is 34.5 Å². The van der Waals surface area contributed by atoms with Gasteiger partial charge in [0.15, 0.2) is 0 Å². The highest BCUT2D eigenvalue weighted by molar-refractivity contribution is 7.17. The van der Waals surface area contributed by atoms with Crippen molar-refractivity contribution in [3.05, 3.63) is 76.2 Å². The summed E-state index contributed by atoms with van der Waals surface area (Å²) in [7, 11) is 0. The van der Waals surface area contributed by atoms with E-state index in [0.717, 1.165) is 10.9 Å². The summed E-state index contributed by atoms with van der Waals surface area (Å²) in [6.45, 7) is 0.400. The van der Waals surface area contributed by atoms with Crippen molar-refractivity contribution in [3.63, 3.8) is 0 Å². The number of benzene rings is 2. The number of carbonyl (C=O) groups excluding carboxylic acids is 1. The number of carbonyl (C=O) groups is 1. The van der Waals surface area contributed by atoms with E-state index in [2.05, 4.69) is 21.7 Å². The minimum absolute atomic E-state index is 0.0429. The third kappa shape index (κ3) is 3.04. The molecule has 124 valence electrons. The molecular formula is C19H15N3O2S. The lowest BCUT2D eigenvalue weighted by molar-refractivity contribution is -0.121. The molecule has 6 heteroatoms. The van der Waals surface area contributed by atoms with E-state index >= 15 is 0 Å². The quantitative estimate of drug-likeness (QED) is 0.616. The van der Waals surface area contributed by atoms with Crippen LogP contribution in [0, 0.1) is 0 Å². The molecule has 0 radical (unpaired) electrons. The second-order valence-corrected chi connectivity index (χ2v) is 6.64. The van der Waals surface area contributed by atoms with Crippen LogP contribution in [0.15, 0.2) is 65.0 Å². The van der Waals surface area contributed by atoms with Crippen molar-refractivity contribution in [2.75, 3.05) is 0 Å². The van der Waals surface area contributed by atoms with Crippen LogP contribution in [0.25, 0.3) is 21.0 Å². The number of thiophene rings is 1. The van der Waals surface area contributed by atoms with Crippen LogP contribution in [0.5, 0.6) is 0 Å². The lowest BCUT2D eigenvalue weighted by atomic mass is 10.2. The van der Waals surface area contributed by atoms with Crippen molar-refractivity contribution in [3.8, 4) is 0 Å². The number of nitrogens with zero attached hydrogens (tertiary/aromatic N) is 2. The maximum Gasteiger partial charge on any atom is 0.261 e. The minimum Gasteiger partial charge on any atom is -0.350 e. The van der Waals surface area contributed by atoms with E-state index in [4.69, 9.17) is 0 Å². The molecule has 0 bridgehead atoms. The van der Waals surface area contributed by atoms with Gasteiger partial charge in [0.1, 0.15) is 6.54 Å². The van der Waals surface area contributed by atoms with Gasteiger partial charge < -0.3 is 5.32 Å². The van der Waals surface area contributed by atoms with Crippen molar-refractivity contribution >= 4 is 38.2 Å². The van der Waals surface area contributed by atoms with Crippen LogP contribution in [0.2, 0.25) is 0 Å². The monoisotopic (exact) mass is 349 g/mol. The van der Waals surface area contributed by atoms with Crippen LogP contribution >= 0.6 is 11.3 Å². The summed E-state index contributed by atoms with van der Waals surface area (Å²) in [5, 5.41) is 6.60. The Morgan fingerprint density at radius 3 is 2.72 bits per heavy atom. The third-order valence-corrected chi connectivity index (χ3v) is 5.09. The predicted molar refractivity (Wildman–Crippen MR) is 99.7 cm³/mol. The molecule has 1 N–H and O–H groups in total. The maximum absolute atomic E-state index is 12.4. The van der Waals surface area contributed by atoms with Crippen LogP contribution in [0.4, 0.5) is 0 Å². The lowest BCUT2D eigenvalue weighted by Gasteiger charge is -2.08. The number of amides is 1. The molecule has 0 aliphatic heterocycles. The average Bonchev–Trinajstić information content (AvgIpc) is 3.06. The SMILES string of the molecule is O=C(Cn1cnc2ccccc2c1=O)NCc1csc2ccccc12. The van der Waals surface area contributed by atoms with Gasteiger partial charge in [0.2, 0.25) is 5.91 Å². The topological polar surface area (TPSA) is 64.0 Å². The molecule has 5 nitrogen and oxygen atoms in total. The summed E-state index contributed by atoms with van der Waals surface area (Å²) in [5.74, 6) is -0.213. The molecular weight excluding hydrogens is 334 g/mol. The molecule has 0 fully saturated rings. The Balaban J connectivity index is 1.49. The van der Waals surface area contributed by atoms with Crippen molar-refractivity contribution in [2.45, 2.75) is 13.1 Å². The van der Waals surface area contributed by atoms with Crippen LogP contribution in [0.1, 0.15) is 5.56 Å². The molecule has 0 aliphatic rings. The van der Waals surface area contributed by atoms with Gasteiger partial charge in [-0.25, -0.2) is 4.98 Å². The summed E-state index contributed by atoms with van der Waals surface area (Å²) in [4.78, 5) is 28.9. The molecule has 0 saturated heterocycles. The largest absolute Gasteiger partial charge is 0.350 e. The number of hydrogen-bond donors (Lipinski definition) is 1. The van der Waals surface area contributed by atoms with Gasteiger partial charge in [-0.3, -0.25) is 14.2 Å². The first kappa shape index (κ1) is 15.5. The molecule has 0 atom stereocenters. The van der Waals surface area contributed by atoms with Crippen LogP contribution < -0.4 is 10.9 Å². The summed E-state index contributed by atoms with van der Waals surface area (Å²) >= 11 is 1.66. The Morgan fingerprint density at radius 2 is 1.84 bits per heavy atom. The van der Waals surface area contributed by atoms with Crippen LogP contribution in [-0.4, -0.2) is 15.5 Å². The summed E-state index contributed by atoms with van der Waals surface area (Å²) in [5.41, 5.74) is 1.51. The zero-order valence-electron chi connectivity index (χ0n) is 13.3. The summed E-state index contributed by atoms with van der Waals surface area (Å²) < 4.78 is 2.53. The molecule has 25 heavy (non-hydrogen) atoms. The van der Waals surface area contributed by atoms with E-state index < -0.39 is 0 Å². The van der Waals surface area contributed by atoms with Gasteiger partial charge in [0.05, 0.1) is 17.2 Å². The second-order valence-electron chi connectivity index (χ2n) is 5.73. The lowest BCUT2D eigenvalue weighted by Crippen LogP contribution is -2.32. The van der Waals surface area contributed by atoms with E-state index in [9.17, 15) is 9.59 Å². The van der Waals surface area contributed by atoms with Crippen LogP contribution in [-0.2, 0) is 17.9 Å². The molecule has 0 saturated carbocycles. The smallest absolute Gasteiger partial charge is 0.261 e. The number of para-hydroxylation sites is 1. The summed E-state index contributed by atoms with van der Waals surface area (Å²) in [6.07, 6.45) is 1.42. The van der Waals surface area contributed by atoms with E-state index in [0.29, 0.717) is 17.4 Å². The molecule has 4 rings (SSSR count). The van der Waals surface area contributed by atoms with E-state index in [1.807, 2.05) is 24.3 Å². The maximum atomic E-state index is 12.4. The van der Waals surface area contributed by atoms with Gasteiger partial charge in [0, 0.05) is 11.2 Å².